The summed E-state index contributed by atoms with van der Waals surface area (Å²) in [7, 11) is 0. The molecule has 0 heterocycles. The molecular weight excluding hydrogens is 312 g/mol. The summed E-state index contributed by atoms with van der Waals surface area (Å²) in [5, 5.41) is 14.3. The Morgan fingerprint density at radius 2 is 1.89 bits per heavy atom. The first-order valence-corrected chi connectivity index (χ1v) is 6.85. The van der Waals surface area contributed by atoms with Crippen LogP contribution in [0.1, 0.15) is 24.8 Å². The summed E-state index contributed by atoms with van der Waals surface area (Å²) < 4.78 is 0.972. The molecule has 1 saturated carbocycles. The summed E-state index contributed by atoms with van der Waals surface area (Å²) in [5.41, 5.74) is -0.111. The fourth-order valence-corrected chi connectivity index (χ4v) is 2.23. The van der Waals surface area contributed by atoms with Crippen LogP contribution in [0.25, 0.3) is 0 Å². The molecule has 0 aromatic heterocycles. The van der Waals surface area contributed by atoms with Crippen LogP contribution in [0.2, 0.25) is 0 Å². The number of carboxylic acids is 1. The molecule has 1 aliphatic rings. The van der Waals surface area contributed by atoms with Crippen molar-refractivity contribution in [2.24, 2.45) is 0 Å². The van der Waals surface area contributed by atoms with Gasteiger partial charge in [0, 0.05) is 11.0 Å². The van der Waals surface area contributed by atoms with Gasteiger partial charge < -0.3 is 15.7 Å². The number of rotatable bonds is 4. The molecule has 3 N–H and O–H groups in total. The standard InChI is InChI=1S/C13H15BrN2O3/c14-10-4-2-9(3-5-10)8-15-12(19)16-13(11(17)18)6-1-7-13/h2-5H,1,6-8H2,(H,17,18)(H2,15,16,19). The molecule has 0 spiro atoms. The van der Waals surface area contributed by atoms with E-state index >= 15 is 0 Å². The molecule has 0 unspecified atom stereocenters. The highest BCUT2D eigenvalue weighted by molar-refractivity contribution is 9.10. The van der Waals surface area contributed by atoms with E-state index in [4.69, 9.17) is 5.11 Å². The third-order valence-electron chi connectivity index (χ3n) is 3.34. The zero-order valence-corrected chi connectivity index (χ0v) is 11.9. The van der Waals surface area contributed by atoms with Crippen molar-refractivity contribution in [1.29, 1.82) is 0 Å². The first kappa shape index (κ1) is 13.9. The number of aliphatic carboxylic acids is 1. The third-order valence-corrected chi connectivity index (χ3v) is 3.86. The van der Waals surface area contributed by atoms with E-state index in [1.165, 1.54) is 0 Å². The summed E-state index contributed by atoms with van der Waals surface area (Å²) in [4.78, 5) is 22.8. The van der Waals surface area contributed by atoms with Crippen LogP contribution < -0.4 is 10.6 Å². The maximum absolute atomic E-state index is 11.7. The minimum atomic E-state index is -1.07. The molecule has 0 radical (unpaired) electrons. The Kier molecular flexibility index (Phi) is 4.09. The van der Waals surface area contributed by atoms with E-state index in [1.807, 2.05) is 24.3 Å². The molecule has 0 saturated heterocycles. The number of carbonyl (C=O) groups is 2. The van der Waals surface area contributed by atoms with Gasteiger partial charge in [-0.25, -0.2) is 9.59 Å². The summed E-state index contributed by atoms with van der Waals surface area (Å²) >= 11 is 3.33. The van der Waals surface area contributed by atoms with Crippen LogP contribution in [-0.4, -0.2) is 22.6 Å². The Bertz CT molecular complexity index is 483. The van der Waals surface area contributed by atoms with E-state index in [2.05, 4.69) is 26.6 Å². The van der Waals surface area contributed by atoms with Crippen molar-refractivity contribution in [2.75, 3.05) is 0 Å². The number of nitrogens with one attached hydrogen (secondary N) is 2. The van der Waals surface area contributed by atoms with Gasteiger partial charge in [0.25, 0.3) is 0 Å². The highest BCUT2D eigenvalue weighted by atomic mass is 79.9. The average molecular weight is 327 g/mol. The van der Waals surface area contributed by atoms with Gasteiger partial charge in [0.05, 0.1) is 0 Å². The van der Waals surface area contributed by atoms with Gasteiger partial charge in [0.1, 0.15) is 5.54 Å². The fraction of sp³-hybridized carbons (Fsp3) is 0.385. The number of carbonyl (C=O) groups excluding carboxylic acids is 1. The smallest absolute Gasteiger partial charge is 0.329 e. The molecule has 2 rings (SSSR count). The Labute approximate surface area is 119 Å². The zero-order chi connectivity index (χ0) is 13.9. The molecule has 19 heavy (non-hydrogen) atoms. The van der Waals surface area contributed by atoms with E-state index in [9.17, 15) is 9.59 Å². The van der Waals surface area contributed by atoms with E-state index < -0.39 is 17.5 Å². The Morgan fingerprint density at radius 1 is 1.26 bits per heavy atom. The summed E-state index contributed by atoms with van der Waals surface area (Å²) in [6, 6.07) is 7.12. The van der Waals surface area contributed by atoms with Gasteiger partial charge in [-0.1, -0.05) is 28.1 Å². The van der Waals surface area contributed by atoms with Crippen LogP contribution in [0.3, 0.4) is 0 Å². The number of amides is 2. The second-order valence-electron chi connectivity index (χ2n) is 4.67. The van der Waals surface area contributed by atoms with Crippen LogP contribution in [0.4, 0.5) is 4.79 Å². The lowest BCUT2D eigenvalue weighted by Gasteiger charge is -2.38. The maximum Gasteiger partial charge on any atom is 0.329 e. The summed E-state index contributed by atoms with van der Waals surface area (Å²) in [5.74, 6) is -0.961. The van der Waals surface area contributed by atoms with Gasteiger partial charge in [-0.2, -0.15) is 0 Å². The van der Waals surface area contributed by atoms with Crippen molar-refractivity contribution in [3.63, 3.8) is 0 Å². The van der Waals surface area contributed by atoms with Gasteiger partial charge in [0.15, 0.2) is 0 Å². The van der Waals surface area contributed by atoms with Crippen LogP contribution in [0.5, 0.6) is 0 Å². The van der Waals surface area contributed by atoms with Gasteiger partial charge >= 0.3 is 12.0 Å². The van der Waals surface area contributed by atoms with Crippen molar-refractivity contribution in [2.45, 2.75) is 31.3 Å². The largest absolute Gasteiger partial charge is 0.480 e. The number of hydrogen-bond donors (Lipinski definition) is 3. The maximum atomic E-state index is 11.7. The minimum Gasteiger partial charge on any atom is -0.480 e. The Balaban J connectivity index is 1.85. The second-order valence-corrected chi connectivity index (χ2v) is 5.59. The molecular formula is C13H15BrN2O3. The molecule has 0 bridgehead atoms. The number of hydrogen-bond acceptors (Lipinski definition) is 2. The number of urea groups is 1. The van der Waals surface area contributed by atoms with Crippen molar-refractivity contribution in [1.82, 2.24) is 10.6 Å². The first-order valence-electron chi connectivity index (χ1n) is 6.06. The lowest BCUT2D eigenvalue weighted by Crippen LogP contribution is -2.61. The van der Waals surface area contributed by atoms with Gasteiger partial charge in [0.2, 0.25) is 0 Å². The molecule has 1 fully saturated rings. The monoisotopic (exact) mass is 326 g/mol. The SMILES string of the molecule is O=C(NCc1ccc(Br)cc1)NC1(C(=O)O)CCC1. The average Bonchev–Trinajstić information content (AvgIpc) is 2.32. The molecule has 1 aromatic carbocycles. The van der Waals surface area contributed by atoms with Gasteiger partial charge in [-0.3, -0.25) is 0 Å². The molecule has 2 amide bonds. The molecule has 102 valence electrons. The van der Waals surface area contributed by atoms with Crippen LogP contribution in [0, 0.1) is 0 Å². The highest BCUT2D eigenvalue weighted by Crippen LogP contribution is 2.31. The van der Waals surface area contributed by atoms with E-state index in [0.29, 0.717) is 19.4 Å². The van der Waals surface area contributed by atoms with Crippen LogP contribution in [0.15, 0.2) is 28.7 Å². The van der Waals surface area contributed by atoms with Crippen LogP contribution in [-0.2, 0) is 11.3 Å². The summed E-state index contributed by atoms with van der Waals surface area (Å²) in [6.45, 7) is 0.370. The van der Waals surface area contributed by atoms with Crippen molar-refractivity contribution < 1.29 is 14.7 Å². The predicted octanol–water partition coefficient (Wildman–Crippen LogP) is 2.26. The van der Waals surface area contributed by atoms with E-state index in [0.717, 1.165) is 16.5 Å². The van der Waals surface area contributed by atoms with Crippen LogP contribution >= 0.6 is 15.9 Å². The van der Waals surface area contributed by atoms with Crippen molar-refractivity contribution in [3.8, 4) is 0 Å². The molecule has 5 nitrogen and oxygen atoms in total. The topological polar surface area (TPSA) is 78.4 Å². The lowest BCUT2D eigenvalue weighted by molar-refractivity contribution is -0.148. The highest BCUT2D eigenvalue weighted by Gasteiger charge is 2.45. The first-order chi connectivity index (χ1) is 9.02. The Hall–Kier alpha value is -1.56. The summed E-state index contributed by atoms with van der Waals surface area (Å²) in [6.07, 6.45) is 1.82. The normalized spacial score (nSPS) is 16.3. The second kappa shape index (κ2) is 5.61. The lowest BCUT2D eigenvalue weighted by atomic mass is 9.77. The molecule has 0 aliphatic heterocycles. The van der Waals surface area contributed by atoms with Gasteiger partial charge in [-0.05, 0) is 37.0 Å². The molecule has 1 aromatic rings. The molecule has 1 aliphatic carbocycles. The quantitative estimate of drug-likeness (QED) is 0.794. The minimum absolute atomic E-state index is 0.370. The fourth-order valence-electron chi connectivity index (χ4n) is 1.97. The predicted molar refractivity (Wildman–Crippen MR) is 73.7 cm³/mol. The van der Waals surface area contributed by atoms with E-state index in [-0.39, 0.29) is 0 Å². The van der Waals surface area contributed by atoms with Crippen molar-refractivity contribution >= 4 is 27.9 Å². The van der Waals surface area contributed by atoms with Crippen molar-refractivity contribution in [3.05, 3.63) is 34.3 Å². The zero-order valence-electron chi connectivity index (χ0n) is 10.3. The Morgan fingerprint density at radius 3 is 2.37 bits per heavy atom. The number of carboxylic acid groups (broad SMARTS) is 1. The van der Waals surface area contributed by atoms with Gasteiger partial charge in [-0.15, -0.1) is 0 Å². The number of benzene rings is 1. The van der Waals surface area contributed by atoms with E-state index in [1.54, 1.807) is 0 Å². The third kappa shape index (κ3) is 3.26. The molecule has 6 heteroatoms. The number of halogens is 1. The molecule has 0 atom stereocenters.